The summed E-state index contributed by atoms with van der Waals surface area (Å²) in [4.78, 5) is 2.54. The van der Waals surface area contributed by atoms with Crippen molar-refractivity contribution in [2.45, 2.75) is 46.5 Å². The Morgan fingerprint density at radius 3 is 2.21 bits per heavy atom. The minimum Gasteiger partial charge on any atom is -0.303 e. The van der Waals surface area contributed by atoms with E-state index in [0.29, 0.717) is 0 Å². The fraction of sp³-hybridized carbons (Fsp3) is 1.00. The summed E-state index contributed by atoms with van der Waals surface area (Å²) >= 11 is 4.25. The maximum Gasteiger partial charge on any atom is 0.00698 e. The quantitative estimate of drug-likeness (QED) is 0.706. The molecule has 0 bridgehead atoms. The molecule has 1 nitrogen and oxygen atoms in total. The highest BCUT2D eigenvalue weighted by Crippen LogP contribution is 2.21. The third kappa shape index (κ3) is 5.92. The van der Waals surface area contributed by atoms with Crippen molar-refractivity contribution in [2.75, 3.05) is 25.4 Å². The van der Waals surface area contributed by atoms with Gasteiger partial charge in [0.2, 0.25) is 0 Å². The minimum absolute atomic E-state index is 1.01. The summed E-state index contributed by atoms with van der Waals surface area (Å²) in [6.45, 7) is 10.1. The molecule has 0 atom stereocenters. The summed E-state index contributed by atoms with van der Waals surface area (Å²) in [5, 5.41) is 0. The zero-order valence-corrected chi connectivity index (χ0v) is 11.0. The number of thiol groups is 1. The molecule has 0 saturated carbocycles. The molecule has 1 heterocycles. The van der Waals surface area contributed by atoms with Gasteiger partial charge >= 0.3 is 0 Å². The molecule has 0 spiro atoms. The average molecular weight is 217 g/mol. The topological polar surface area (TPSA) is 3.24 Å². The SMILES string of the molecule is CC.CCCC1CCN(CCS)CC1. The number of rotatable bonds is 4. The van der Waals surface area contributed by atoms with Gasteiger partial charge in [0.05, 0.1) is 0 Å². The van der Waals surface area contributed by atoms with E-state index in [-0.39, 0.29) is 0 Å². The average Bonchev–Trinajstić information content (AvgIpc) is 2.25. The molecule has 2 heteroatoms. The predicted molar refractivity (Wildman–Crippen MR) is 69.3 cm³/mol. The van der Waals surface area contributed by atoms with Crippen LogP contribution in [0.1, 0.15) is 46.5 Å². The molecule has 0 aromatic heterocycles. The fourth-order valence-electron chi connectivity index (χ4n) is 2.05. The summed E-state index contributed by atoms with van der Waals surface area (Å²) in [6.07, 6.45) is 5.63. The Kier molecular flexibility index (Phi) is 10.1. The van der Waals surface area contributed by atoms with Gasteiger partial charge in [0.15, 0.2) is 0 Å². The van der Waals surface area contributed by atoms with Crippen LogP contribution in [0, 0.1) is 5.92 Å². The normalized spacial score (nSPS) is 18.9. The van der Waals surface area contributed by atoms with Crippen molar-refractivity contribution in [3.8, 4) is 0 Å². The third-order valence-electron chi connectivity index (χ3n) is 2.82. The van der Waals surface area contributed by atoms with Crippen LogP contribution in [0.25, 0.3) is 0 Å². The summed E-state index contributed by atoms with van der Waals surface area (Å²) in [5.74, 6) is 2.03. The Bertz CT molecular complexity index is 94.9. The lowest BCUT2D eigenvalue weighted by molar-refractivity contribution is 0.188. The third-order valence-corrected chi connectivity index (χ3v) is 3.02. The van der Waals surface area contributed by atoms with Gasteiger partial charge in [-0.25, -0.2) is 0 Å². The lowest BCUT2D eigenvalue weighted by atomic mass is 9.93. The smallest absolute Gasteiger partial charge is 0.00698 e. The standard InChI is InChI=1S/C10H21NS.C2H6/c1-2-3-10-4-6-11(7-5-10)8-9-12;1-2/h10,12H,2-9H2,1H3;1-2H3. The molecular formula is C12H27NS. The molecule has 0 aromatic carbocycles. The van der Waals surface area contributed by atoms with Gasteiger partial charge in [-0.05, 0) is 31.8 Å². The first kappa shape index (κ1) is 14.3. The molecule has 1 aliphatic heterocycles. The van der Waals surface area contributed by atoms with Crippen molar-refractivity contribution in [2.24, 2.45) is 5.92 Å². The van der Waals surface area contributed by atoms with Gasteiger partial charge < -0.3 is 4.90 Å². The van der Waals surface area contributed by atoms with Crippen LogP contribution in [0.5, 0.6) is 0 Å². The van der Waals surface area contributed by atoms with Crippen LogP contribution < -0.4 is 0 Å². The van der Waals surface area contributed by atoms with E-state index >= 15 is 0 Å². The second kappa shape index (κ2) is 9.85. The maximum absolute atomic E-state index is 4.25. The second-order valence-corrected chi connectivity index (χ2v) is 4.24. The van der Waals surface area contributed by atoms with E-state index in [0.717, 1.165) is 11.7 Å². The van der Waals surface area contributed by atoms with E-state index in [2.05, 4.69) is 24.5 Å². The van der Waals surface area contributed by atoms with Gasteiger partial charge in [0.25, 0.3) is 0 Å². The van der Waals surface area contributed by atoms with Crippen LogP contribution >= 0.6 is 12.6 Å². The van der Waals surface area contributed by atoms with Crippen molar-refractivity contribution in [3.05, 3.63) is 0 Å². The van der Waals surface area contributed by atoms with E-state index in [9.17, 15) is 0 Å². The summed E-state index contributed by atoms with van der Waals surface area (Å²) in [7, 11) is 0. The van der Waals surface area contributed by atoms with Crippen LogP contribution in [0.4, 0.5) is 0 Å². The highest BCUT2D eigenvalue weighted by Gasteiger charge is 2.17. The Morgan fingerprint density at radius 1 is 1.21 bits per heavy atom. The number of nitrogens with zero attached hydrogens (tertiary/aromatic N) is 1. The highest BCUT2D eigenvalue weighted by atomic mass is 32.1. The fourth-order valence-corrected chi connectivity index (χ4v) is 2.33. The van der Waals surface area contributed by atoms with Crippen LogP contribution in [-0.2, 0) is 0 Å². The lowest BCUT2D eigenvalue weighted by Crippen LogP contribution is -2.34. The predicted octanol–water partition coefficient (Wildman–Crippen LogP) is 3.45. The van der Waals surface area contributed by atoms with Crippen molar-refractivity contribution in [3.63, 3.8) is 0 Å². The first-order valence-corrected chi connectivity index (χ1v) is 6.83. The molecular weight excluding hydrogens is 190 g/mol. The van der Waals surface area contributed by atoms with E-state index in [1.165, 1.54) is 45.3 Å². The van der Waals surface area contributed by atoms with Gasteiger partial charge in [-0.3, -0.25) is 0 Å². The zero-order chi connectivity index (χ0) is 10.8. The molecule has 0 unspecified atom stereocenters. The first-order chi connectivity index (χ1) is 6.86. The largest absolute Gasteiger partial charge is 0.303 e. The highest BCUT2D eigenvalue weighted by molar-refractivity contribution is 7.80. The molecule has 0 N–H and O–H groups in total. The number of piperidine rings is 1. The summed E-state index contributed by atoms with van der Waals surface area (Å²) in [6, 6.07) is 0. The Morgan fingerprint density at radius 2 is 1.79 bits per heavy atom. The van der Waals surface area contributed by atoms with E-state index in [1.807, 2.05) is 13.8 Å². The molecule has 1 rings (SSSR count). The molecule has 0 aliphatic carbocycles. The van der Waals surface area contributed by atoms with Crippen molar-refractivity contribution in [1.29, 1.82) is 0 Å². The van der Waals surface area contributed by atoms with Crippen molar-refractivity contribution < 1.29 is 0 Å². The first-order valence-electron chi connectivity index (χ1n) is 6.20. The maximum atomic E-state index is 4.25. The molecule has 1 fully saturated rings. The second-order valence-electron chi connectivity index (χ2n) is 3.80. The number of hydrogen-bond acceptors (Lipinski definition) is 2. The lowest BCUT2D eigenvalue weighted by Gasteiger charge is -2.31. The number of likely N-dealkylation sites (tertiary alicyclic amines) is 1. The van der Waals surface area contributed by atoms with Gasteiger partial charge in [0, 0.05) is 12.3 Å². The zero-order valence-electron chi connectivity index (χ0n) is 10.1. The molecule has 14 heavy (non-hydrogen) atoms. The molecule has 0 radical (unpaired) electrons. The minimum atomic E-state index is 1.01. The molecule has 86 valence electrons. The number of hydrogen-bond donors (Lipinski definition) is 1. The molecule has 1 aliphatic rings. The molecule has 0 amide bonds. The van der Waals surface area contributed by atoms with Crippen LogP contribution in [0.3, 0.4) is 0 Å². The Balaban J connectivity index is 0.000000791. The van der Waals surface area contributed by atoms with Crippen molar-refractivity contribution >= 4 is 12.6 Å². The monoisotopic (exact) mass is 217 g/mol. The van der Waals surface area contributed by atoms with E-state index < -0.39 is 0 Å². The van der Waals surface area contributed by atoms with Crippen LogP contribution in [-0.4, -0.2) is 30.3 Å². The summed E-state index contributed by atoms with van der Waals surface area (Å²) < 4.78 is 0. The Hall–Kier alpha value is 0.310. The van der Waals surface area contributed by atoms with Gasteiger partial charge in [-0.15, -0.1) is 0 Å². The van der Waals surface area contributed by atoms with E-state index in [4.69, 9.17) is 0 Å². The van der Waals surface area contributed by atoms with Gasteiger partial charge in [-0.2, -0.15) is 12.6 Å². The van der Waals surface area contributed by atoms with Gasteiger partial charge in [-0.1, -0.05) is 33.6 Å². The molecule has 0 aromatic rings. The summed E-state index contributed by atoms with van der Waals surface area (Å²) in [5.41, 5.74) is 0. The Labute approximate surface area is 95.7 Å². The molecule has 1 saturated heterocycles. The van der Waals surface area contributed by atoms with Gasteiger partial charge in [0.1, 0.15) is 0 Å². The van der Waals surface area contributed by atoms with Crippen molar-refractivity contribution in [1.82, 2.24) is 4.90 Å². The van der Waals surface area contributed by atoms with Crippen LogP contribution in [0.15, 0.2) is 0 Å². The van der Waals surface area contributed by atoms with E-state index in [1.54, 1.807) is 0 Å². The van der Waals surface area contributed by atoms with Crippen LogP contribution in [0.2, 0.25) is 0 Å².